The molecule has 2 aromatic heterocycles. The molecule has 3 heterocycles. The molecule has 0 spiro atoms. The van der Waals surface area contributed by atoms with Crippen molar-refractivity contribution in [1.29, 1.82) is 0 Å². The number of likely N-dealkylation sites (N-methyl/N-ethyl adjacent to an activating group) is 1. The number of hydrogen-bond donors (Lipinski definition) is 1. The second kappa shape index (κ2) is 8.95. The van der Waals surface area contributed by atoms with E-state index in [1.54, 1.807) is 30.5 Å². The zero-order valence-electron chi connectivity index (χ0n) is 15.0. The van der Waals surface area contributed by atoms with Gasteiger partial charge in [-0.1, -0.05) is 0 Å². The van der Waals surface area contributed by atoms with E-state index in [0.29, 0.717) is 24.6 Å². The molecule has 0 aromatic carbocycles. The number of carbonyl (C=O) groups excluding carboxylic acids is 1. The lowest BCUT2D eigenvalue weighted by atomic mass is 10.1. The van der Waals surface area contributed by atoms with Gasteiger partial charge in [0.25, 0.3) is 5.91 Å². The Kier molecular flexibility index (Phi) is 6.40. The summed E-state index contributed by atoms with van der Waals surface area (Å²) in [5, 5.41) is 4.01. The third-order valence-corrected chi connectivity index (χ3v) is 5.04. The zero-order valence-corrected chi connectivity index (χ0v) is 15.8. The monoisotopic (exact) mass is 373 g/mol. The highest BCUT2D eigenvalue weighted by Gasteiger charge is 2.19. The molecule has 1 aliphatic heterocycles. The van der Waals surface area contributed by atoms with Gasteiger partial charge in [-0.05, 0) is 24.8 Å². The number of pyridine rings is 1. The highest BCUT2D eigenvalue weighted by atomic mass is 32.2. The van der Waals surface area contributed by atoms with Crippen molar-refractivity contribution in [2.45, 2.75) is 17.4 Å². The molecule has 138 valence electrons. The molecule has 1 fully saturated rings. The molecule has 0 aliphatic carbocycles. The van der Waals surface area contributed by atoms with Crippen LogP contribution in [-0.2, 0) is 4.74 Å². The van der Waals surface area contributed by atoms with Gasteiger partial charge < -0.3 is 15.0 Å². The summed E-state index contributed by atoms with van der Waals surface area (Å²) in [4.78, 5) is 27.1. The van der Waals surface area contributed by atoms with Crippen molar-refractivity contribution in [2.75, 3.05) is 44.9 Å². The van der Waals surface area contributed by atoms with Gasteiger partial charge in [-0.25, -0.2) is 15.0 Å². The summed E-state index contributed by atoms with van der Waals surface area (Å²) in [5.74, 6) is 1.09. The maximum Gasteiger partial charge on any atom is 0.256 e. The number of carbonyl (C=O) groups is 1. The van der Waals surface area contributed by atoms with E-state index >= 15 is 0 Å². The molecule has 0 saturated carbocycles. The predicted molar refractivity (Wildman–Crippen MR) is 102 cm³/mol. The van der Waals surface area contributed by atoms with Crippen LogP contribution < -0.4 is 5.32 Å². The Morgan fingerprint density at radius 3 is 3.08 bits per heavy atom. The van der Waals surface area contributed by atoms with Gasteiger partial charge in [0.1, 0.15) is 17.2 Å². The Balaban J connectivity index is 1.54. The number of amides is 1. The second-order valence-electron chi connectivity index (χ2n) is 6.10. The first-order valence-corrected chi connectivity index (χ1v) is 9.79. The van der Waals surface area contributed by atoms with E-state index in [0.717, 1.165) is 36.2 Å². The van der Waals surface area contributed by atoms with Crippen LogP contribution in [0.4, 0.5) is 5.82 Å². The molecule has 0 radical (unpaired) electrons. The largest absolute Gasteiger partial charge is 0.381 e. The first-order valence-electron chi connectivity index (χ1n) is 8.57. The summed E-state index contributed by atoms with van der Waals surface area (Å²) in [5.41, 5.74) is 1.64. The maximum atomic E-state index is 12.6. The third-order valence-electron chi connectivity index (χ3n) is 4.33. The lowest BCUT2D eigenvalue weighted by molar-refractivity contribution is 0.0796. The number of hydrogen-bond acceptors (Lipinski definition) is 7. The minimum atomic E-state index is -0.0317. The molecule has 1 atom stereocenters. The van der Waals surface area contributed by atoms with E-state index < -0.39 is 0 Å². The Hall–Kier alpha value is -2.19. The van der Waals surface area contributed by atoms with Crippen LogP contribution in [0.3, 0.4) is 0 Å². The van der Waals surface area contributed by atoms with E-state index in [-0.39, 0.29) is 5.91 Å². The summed E-state index contributed by atoms with van der Waals surface area (Å²) in [6.07, 6.45) is 6.19. The van der Waals surface area contributed by atoms with Crippen LogP contribution in [0.25, 0.3) is 0 Å². The van der Waals surface area contributed by atoms with Crippen LogP contribution in [0.1, 0.15) is 28.4 Å². The molecule has 1 aliphatic rings. The third kappa shape index (κ3) is 4.50. The van der Waals surface area contributed by atoms with Gasteiger partial charge in [0, 0.05) is 44.9 Å². The number of rotatable bonds is 7. The number of anilines is 1. The normalized spacial score (nSPS) is 16.5. The fraction of sp³-hybridized carbons (Fsp3) is 0.444. The van der Waals surface area contributed by atoms with Crippen LogP contribution >= 0.6 is 11.8 Å². The Labute approximate surface area is 157 Å². The number of ether oxygens (including phenoxy) is 1. The summed E-state index contributed by atoms with van der Waals surface area (Å²) < 4.78 is 5.42. The lowest BCUT2D eigenvalue weighted by Gasteiger charge is -2.19. The molecule has 3 rings (SSSR count). The fourth-order valence-electron chi connectivity index (χ4n) is 2.84. The van der Waals surface area contributed by atoms with E-state index in [2.05, 4.69) is 20.3 Å². The van der Waals surface area contributed by atoms with Crippen LogP contribution in [0.15, 0.2) is 35.7 Å². The number of nitrogens with one attached hydrogen (secondary N) is 1. The molecule has 1 amide bonds. The van der Waals surface area contributed by atoms with E-state index in [4.69, 9.17) is 4.74 Å². The fourth-order valence-corrected chi connectivity index (χ4v) is 3.38. The van der Waals surface area contributed by atoms with Gasteiger partial charge >= 0.3 is 0 Å². The molecule has 0 unspecified atom stereocenters. The molecule has 8 heteroatoms. The lowest BCUT2D eigenvalue weighted by Crippen LogP contribution is -2.32. The molecule has 1 saturated heterocycles. The Morgan fingerprint density at radius 1 is 1.42 bits per heavy atom. The standard InChI is InChI=1S/C18H23N5O2S/c1-23(18(24)14-4-3-6-20-17(14)26-2)8-7-19-16-10-15(21-12-22-16)13-5-9-25-11-13/h3-4,6,10,12-13H,5,7-9,11H2,1-2H3,(H,19,21,22)/t13-/m0/s1. The average molecular weight is 373 g/mol. The highest BCUT2D eigenvalue weighted by molar-refractivity contribution is 7.98. The Morgan fingerprint density at radius 2 is 2.31 bits per heavy atom. The number of thioether (sulfide) groups is 1. The average Bonchev–Trinajstić information content (AvgIpc) is 3.22. The van der Waals surface area contributed by atoms with Gasteiger partial charge in [0.15, 0.2) is 0 Å². The smallest absolute Gasteiger partial charge is 0.256 e. The Bertz CT molecular complexity index is 752. The summed E-state index contributed by atoms with van der Waals surface area (Å²) in [6, 6.07) is 5.56. The number of aromatic nitrogens is 3. The van der Waals surface area contributed by atoms with Gasteiger partial charge in [0.2, 0.25) is 0 Å². The molecular formula is C18H23N5O2S. The van der Waals surface area contributed by atoms with Crippen LogP contribution in [-0.4, -0.2) is 65.4 Å². The highest BCUT2D eigenvalue weighted by Crippen LogP contribution is 2.24. The summed E-state index contributed by atoms with van der Waals surface area (Å²) >= 11 is 1.47. The first kappa shape index (κ1) is 18.6. The van der Waals surface area contributed by atoms with Crippen molar-refractivity contribution in [3.05, 3.63) is 42.0 Å². The molecule has 0 bridgehead atoms. The molecular weight excluding hydrogens is 350 g/mol. The van der Waals surface area contributed by atoms with Crippen LogP contribution in [0.2, 0.25) is 0 Å². The minimum Gasteiger partial charge on any atom is -0.381 e. The van der Waals surface area contributed by atoms with Crippen LogP contribution in [0.5, 0.6) is 0 Å². The predicted octanol–water partition coefficient (Wildman–Crippen LogP) is 2.28. The van der Waals surface area contributed by atoms with E-state index in [9.17, 15) is 4.79 Å². The van der Waals surface area contributed by atoms with Crippen molar-refractivity contribution >= 4 is 23.5 Å². The molecule has 2 aromatic rings. The van der Waals surface area contributed by atoms with Crippen LogP contribution in [0, 0.1) is 0 Å². The topological polar surface area (TPSA) is 80.2 Å². The van der Waals surface area contributed by atoms with Gasteiger partial charge in [-0.15, -0.1) is 11.8 Å². The quantitative estimate of drug-likeness (QED) is 0.746. The first-order chi connectivity index (χ1) is 12.7. The molecule has 7 nitrogen and oxygen atoms in total. The van der Waals surface area contributed by atoms with Gasteiger partial charge in [-0.3, -0.25) is 4.79 Å². The van der Waals surface area contributed by atoms with E-state index in [1.807, 2.05) is 18.4 Å². The minimum absolute atomic E-state index is 0.0317. The maximum absolute atomic E-state index is 12.6. The van der Waals surface area contributed by atoms with Crippen molar-refractivity contribution in [1.82, 2.24) is 19.9 Å². The van der Waals surface area contributed by atoms with Crippen molar-refractivity contribution < 1.29 is 9.53 Å². The second-order valence-corrected chi connectivity index (χ2v) is 6.90. The summed E-state index contributed by atoms with van der Waals surface area (Å²) in [6.45, 7) is 2.68. The van der Waals surface area contributed by atoms with Gasteiger partial charge in [-0.2, -0.15) is 0 Å². The van der Waals surface area contributed by atoms with Crippen molar-refractivity contribution in [3.63, 3.8) is 0 Å². The van der Waals surface area contributed by atoms with Crippen molar-refractivity contribution in [3.8, 4) is 0 Å². The SMILES string of the molecule is CSc1ncccc1C(=O)N(C)CCNc1cc([C@H]2CCOC2)ncn1. The number of nitrogens with zero attached hydrogens (tertiary/aromatic N) is 4. The van der Waals surface area contributed by atoms with Gasteiger partial charge in [0.05, 0.1) is 17.9 Å². The summed E-state index contributed by atoms with van der Waals surface area (Å²) in [7, 11) is 1.79. The van der Waals surface area contributed by atoms with Crippen molar-refractivity contribution in [2.24, 2.45) is 0 Å². The molecule has 1 N–H and O–H groups in total. The van der Waals surface area contributed by atoms with E-state index in [1.165, 1.54) is 11.8 Å². The zero-order chi connectivity index (χ0) is 18.4. The molecule has 26 heavy (non-hydrogen) atoms.